The molecule has 0 saturated carbocycles. The van der Waals surface area contributed by atoms with Crippen molar-refractivity contribution in [3.63, 3.8) is 0 Å². The molecule has 7 heteroatoms. The Labute approximate surface area is 138 Å². The Kier molecular flexibility index (Phi) is 4.00. The number of aromatic nitrogens is 4. The Hall–Kier alpha value is -2.67. The number of piperidine rings is 1. The Bertz CT molecular complexity index is 838. The van der Waals surface area contributed by atoms with Crippen molar-refractivity contribution in [3.8, 4) is 0 Å². The van der Waals surface area contributed by atoms with Crippen LogP contribution in [-0.2, 0) is 0 Å². The first-order valence-corrected chi connectivity index (χ1v) is 8.02. The fraction of sp³-hybridized carbons (Fsp3) is 0.294. The van der Waals surface area contributed by atoms with Crippen LogP contribution in [0.1, 0.15) is 30.9 Å². The average molecular weight is 324 g/mol. The summed E-state index contributed by atoms with van der Waals surface area (Å²) in [5.41, 5.74) is 5.60. The third-order valence-electron chi connectivity index (χ3n) is 4.23. The normalized spacial score (nSPS) is 18.6. The number of benzene rings is 1. The van der Waals surface area contributed by atoms with E-state index in [0.29, 0.717) is 17.1 Å². The molecule has 1 saturated heterocycles. The Balaban J connectivity index is 1.59. The molecule has 1 aromatic carbocycles. The molecule has 24 heavy (non-hydrogen) atoms. The smallest absolute Gasteiger partial charge is 0.239 e. The van der Waals surface area contributed by atoms with Crippen LogP contribution in [0.4, 0.5) is 10.3 Å². The summed E-state index contributed by atoms with van der Waals surface area (Å²) in [4.78, 5) is 17.1. The summed E-state index contributed by atoms with van der Waals surface area (Å²) >= 11 is 0. The van der Waals surface area contributed by atoms with Crippen LogP contribution in [0.3, 0.4) is 0 Å². The lowest BCUT2D eigenvalue weighted by molar-refractivity contribution is 0.183. The zero-order chi connectivity index (χ0) is 16.4. The van der Waals surface area contributed by atoms with Gasteiger partial charge in [0.25, 0.3) is 0 Å². The van der Waals surface area contributed by atoms with Crippen molar-refractivity contribution in [1.82, 2.24) is 24.9 Å². The zero-order valence-electron chi connectivity index (χ0n) is 13.1. The predicted molar refractivity (Wildman–Crippen MR) is 88.4 cm³/mol. The van der Waals surface area contributed by atoms with Crippen molar-refractivity contribution in [2.75, 3.05) is 12.0 Å². The molecule has 1 fully saturated rings. The number of hydrazine groups is 1. The molecule has 2 aromatic heterocycles. The van der Waals surface area contributed by atoms with E-state index in [1.807, 2.05) is 12.1 Å². The first-order valence-electron chi connectivity index (χ1n) is 8.02. The van der Waals surface area contributed by atoms with Gasteiger partial charge in [-0.05, 0) is 30.5 Å². The maximum Gasteiger partial charge on any atom is 0.239 e. The van der Waals surface area contributed by atoms with Gasteiger partial charge in [-0.2, -0.15) is 4.98 Å². The van der Waals surface area contributed by atoms with E-state index >= 15 is 0 Å². The van der Waals surface area contributed by atoms with Crippen molar-refractivity contribution in [2.45, 2.75) is 25.3 Å². The topological polar surface area (TPSA) is 66.8 Å². The lowest BCUT2D eigenvalue weighted by atomic mass is 9.97. The van der Waals surface area contributed by atoms with Crippen molar-refractivity contribution in [2.24, 2.45) is 0 Å². The van der Waals surface area contributed by atoms with Crippen molar-refractivity contribution < 1.29 is 4.39 Å². The average Bonchev–Trinajstić information content (AvgIpc) is 2.63. The molecule has 3 heterocycles. The molecule has 1 aliphatic heterocycles. The molecule has 0 spiro atoms. The van der Waals surface area contributed by atoms with Gasteiger partial charge in [-0.3, -0.25) is 5.43 Å². The van der Waals surface area contributed by atoms with Crippen molar-refractivity contribution >= 4 is 17.1 Å². The summed E-state index contributed by atoms with van der Waals surface area (Å²) in [5, 5.41) is 2.12. The van der Waals surface area contributed by atoms with E-state index in [1.165, 1.54) is 12.1 Å². The molecular weight excluding hydrogens is 307 g/mol. The van der Waals surface area contributed by atoms with E-state index in [-0.39, 0.29) is 11.9 Å². The molecule has 0 bridgehead atoms. The van der Waals surface area contributed by atoms with Gasteiger partial charge in [0.1, 0.15) is 11.3 Å². The second-order valence-electron chi connectivity index (χ2n) is 5.83. The SMILES string of the molecule is Fc1ccc(C2CCCCN2Nc2ncc3nccnc3n2)cc1. The zero-order valence-corrected chi connectivity index (χ0v) is 13.1. The highest BCUT2D eigenvalue weighted by atomic mass is 19.1. The summed E-state index contributed by atoms with van der Waals surface area (Å²) in [5.74, 6) is 0.280. The van der Waals surface area contributed by atoms with Crippen LogP contribution in [0, 0.1) is 5.82 Å². The first-order chi connectivity index (χ1) is 11.8. The number of nitrogens with zero attached hydrogens (tertiary/aromatic N) is 5. The molecule has 3 aromatic rings. The minimum absolute atomic E-state index is 0.167. The van der Waals surface area contributed by atoms with Gasteiger partial charge in [0.05, 0.1) is 12.2 Å². The number of halogens is 1. The number of hydrogen-bond donors (Lipinski definition) is 1. The molecule has 0 amide bonds. The standard InChI is InChI=1S/C17H17FN6/c18-13-6-4-12(5-7-13)15-3-1-2-10-24(15)23-17-21-11-14-16(22-17)20-9-8-19-14/h4-9,11,15H,1-3,10H2,(H,20,21,22,23). The molecule has 1 N–H and O–H groups in total. The van der Waals surface area contributed by atoms with E-state index in [1.54, 1.807) is 18.6 Å². The maximum absolute atomic E-state index is 13.2. The quantitative estimate of drug-likeness (QED) is 0.798. The largest absolute Gasteiger partial charge is 0.286 e. The molecule has 1 aliphatic rings. The predicted octanol–water partition coefficient (Wildman–Crippen LogP) is 3.11. The summed E-state index contributed by atoms with van der Waals surface area (Å²) in [6, 6.07) is 6.86. The lowest BCUT2D eigenvalue weighted by Gasteiger charge is -2.35. The van der Waals surface area contributed by atoms with Crippen molar-refractivity contribution in [1.29, 1.82) is 0 Å². The molecule has 4 rings (SSSR count). The van der Waals surface area contributed by atoms with Gasteiger partial charge in [-0.15, -0.1) is 0 Å². The highest BCUT2D eigenvalue weighted by molar-refractivity contribution is 5.68. The Morgan fingerprint density at radius 1 is 1.04 bits per heavy atom. The van der Waals surface area contributed by atoms with E-state index in [4.69, 9.17) is 0 Å². The number of rotatable bonds is 3. The van der Waals surface area contributed by atoms with Gasteiger partial charge in [0.2, 0.25) is 5.95 Å². The fourth-order valence-electron chi connectivity index (χ4n) is 3.05. The molecule has 1 unspecified atom stereocenters. The molecule has 122 valence electrons. The summed E-state index contributed by atoms with van der Waals surface area (Å²) in [6.45, 7) is 0.879. The second kappa shape index (κ2) is 6.45. The van der Waals surface area contributed by atoms with E-state index in [2.05, 4.69) is 30.4 Å². The van der Waals surface area contributed by atoms with Crippen LogP contribution in [0.15, 0.2) is 42.9 Å². The van der Waals surface area contributed by atoms with Gasteiger partial charge < -0.3 is 0 Å². The minimum Gasteiger partial charge on any atom is -0.286 e. The summed E-state index contributed by atoms with van der Waals surface area (Å²) in [6.07, 6.45) is 8.14. The van der Waals surface area contributed by atoms with Gasteiger partial charge >= 0.3 is 0 Å². The van der Waals surface area contributed by atoms with Crippen LogP contribution >= 0.6 is 0 Å². The van der Waals surface area contributed by atoms with Gasteiger partial charge in [-0.1, -0.05) is 18.6 Å². The fourth-order valence-corrected chi connectivity index (χ4v) is 3.05. The number of anilines is 1. The highest BCUT2D eigenvalue weighted by Gasteiger charge is 2.24. The van der Waals surface area contributed by atoms with Crippen LogP contribution in [-0.4, -0.2) is 31.5 Å². The summed E-state index contributed by atoms with van der Waals surface area (Å²) in [7, 11) is 0. The number of hydrogen-bond acceptors (Lipinski definition) is 6. The number of nitrogens with one attached hydrogen (secondary N) is 1. The highest BCUT2D eigenvalue weighted by Crippen LogP contribution is 2.30. The Morgan fingerprint density at radius 2 is 1.88 bits per heavy atom. The third kappa shape index (κ3) is 3.03. The van der Waals surface area contributed by atoms with Crippen molar-refractivity contribution in [3.05, 3.63) is 54.2 Å². The van der Waals surface area contributed by atoms with E-state index in [0.717, 1.165) is 31.4 Å². The summed E-state index contributed by atoms with van der Waals surface area (Å²) < 4.78 is 13.2. The van der Waals surface area contributed by atoms with Crippen LogP contribution in [0.25, 0.3) is 11.2 Å². The minimum atomic E-state index is -0.217. The molecular formula is C17H17FN6. The van der Waals surface area contributed by atoms with Gasteiger partial charge in [0.15, 0.2) is 5.65 Å². The van der Waals surface area contributed by atoms with E-state index < -0.39 is 0 Å². The monoisotopic (exact) mass is 324 g/mol. The second-order valence-corrected chi connectivity index (χ2v) is 5.83. The molecule has 0 radical (unpaired) electrons. The number of fused-ring (bicyclic) bond motifs is 1. The van der Waals surface area contributed by atoms with Gasteiger partial charge in [-0.25, -0.2) is 24.4 Å². The van der Waals surface area contributed by atoms with Crippen LogP contribution < -0.4 is 5.43 Å². The molecule has 6 nitrogen and oxygen atoms in total. The molecule has 0 aliphatic carbocycles. The maximum atomic E-state index is 13.2. The lowest BCUT2D eigenvalue weighted by Crippen LogP contribution is -2.38. The van der Waals surface area contributed by atoms with Gasteiger partial charge in [0, 0.05) is 18.9 Å². The van der Waals surface area contributed by atoms with E-state index in [9.17, 15) is 4.39 Å². The van der Waals surface area contributed by atoms with Crippen LogP contribution in [0.5, 0.6) is 0 Å². The Morgan fingerprint density at radius 3 is 2.75 bits per heavy atom. The third-order valence-corrected chi connectivity index (χ3v) is 4.23. The van der Waals surface area contributed by atoms with Crippen LogP contribution in [0.2, 0.25) is 0 Å². The molecule has 1 atom stereocenters. The first kappa shape index (κ1) is 14.9.